The highest BCUT2D eigenvalue weighted by Gasteiger charge is 2.21. The first-order chi connectivity index (χ1) is 9.24. The van der Waals surface area contributed by atoms with Crippen molar-refractivity contribution in [3.05, 3.63) is 65.2 Å². The van der Waals surface area contributed by atoms with Crippen LogP contribution in [-0.4, -0.2) is 16.6 Å². The molecule has 0 amide bonds. The monoisotopic (exact) mass is 268 g/mol. The summed E-state index contributed by atoms with van der Waals surface area (Å²) in [5, 5.41) is 9.45. The summed E-state index contributed by atoms with van der Waals surface area (Å²) in [6, 6.07) is 14.6. The average molecular weight is 268 g/mol. The zero-order valence-corrected chi connectivity index (χ0v) is 11.0. The van der Waals surface area contributed by atoms with Gasteiger partial charge in [-0.2, -0.15) is 0 Å². The van der Waals surface area contributed by atoms with Crippen molar-refractivity contribution >= 4 is 23.6 Å². The minimum Gasteiger partial charge on any atom is -0.508 e. The lowest BCUT2D eigenvalue weighted by Gasteiger charge is -2.16. The Morgan fingerprint density at radius 3 is 2.79 bits per heavy atom. The number of phenolic OH excluding ortho intramolecular Hbond substituents is 1. The fraction of sp³-hybridized carbons (Fsp3) is 0.0625. The summed E-state index contributed by atoms with van der Waals surface area (Å²) in [6.07, 6.45) is 1.85. The molecule has 1 N–H and O–H groups in total. The molecule has 2 aromatic carbocycles. The van der Waals surface area contributed by atoms with Crippen LogP contribution in [0.5, 0.6) is 5.75 Å². The third-order valence-electron chi connectivity index (χ3n) is 3.02. The van der Waals surface area contributed by atoms with Crippen LogP contribution in [-0.2, 0) is 0 Å². The molecule has 0 saturated carbocycles. The van der Waals surface area contributed by atoms with Gasteiger partial charge in [-0.25, -0.2) is 0 Å². The van der Waals surface area contributed by atoms with Gasteiger partial charge in [0.2, 0.25) is 0 Å². The normalized spacial score (nSPS) is 16.4. The lowest BCUT2D eigenvalue weighted by Crippen LogP contribution is -2.11. The van der Waals surface area contributed by atoms with Gasteiger partial charge in [0.15, 0.2) is 5.78 Å². The van der Waals surface area contributed by atoms with Gasteiger partial charge in [-0.15, -0.1) is 11.8 Å². The predicted molar refractivity (Wildman–Crippen MR) is 77.6 cm³/mol. The Morgan fingerprint density at radius 1 is 1.11 bits per heavy atom. The van der Waals surface area contributed by atoms with E-state index in [1.54, 1.807) is 30.0 Å². The molecule has 2 nitrogen and oxygen atoms in total. The minimum atomic E-state index is 0.0812. The highest BCUT2D eigenvalue weighted by molar-refractivity contribution is 7.99. The summed E-state index contributed by atoms with van der Waals surface area (Å²) in [4.78, 5) is 13.4. The SMILES string of the molecule is O=C1/C(=C/c2cccc(O)c2)CSc2ccccc21. The van der Waals surface area contributed by atoms with E-state index in [1.807, 2.05) is 36.4 Å². The van der Waals surface area contributed by atoms with E-state index in [-0.39, 0.29) is 11.5 Å². The molecule has 3 heteroatoms. The van der Waals surface area contributed by atoms with E-state index < -0.39 is 0 Å². The number of fused-ring (bicyclic) bond motifs is 1. The zero-order chi connectivity index (χ0) is 13.2. The third kappa shape index (κ3) is 2.42. The number of thioether (sulfide) groups is 1. The molecular weight excluding hydrogens is 256 g/mol. The number of hydrogen-bond donors (Lipinski definition) is 1. The van der Waals surface area contributed by atoms with E-state index in [4.69, 9.17) is 0 Å². The van der Waals surface area contributed by atoms with Crippen LogP contribution in [0.1, 0.15) is 15.9 Å². The van der Waals surface area contributed by atoms with Crippen molar-refractivity contribution in [2.24, 2.45) is 0 Å². The van der Waals surface area contributed by atoms with Crippen LogP contribution in [0.15, 0.2) is 59.0 Å². The van der Waals surface area contributed by atoms with E-state index in [9.17, 15) is 9.90 Å². The van der Waals surface area contributed by atoms with Crippen molar-refractivity contribution in [3.8, 4) is 5.75 Å². The van der Waals surface area contributed by atoms with E-state index >= 15 is 0 Å². The molecule has 0 atom stereocenters. The molecule has 1 aliphatic heterocycles. The molecule has 1 heterocycles. The molecule has 0 bridgehead atoms. The highest BCUT2D eigenvalue weighted by Crippen LogP contribution is 2.33. The second kappa shape index (κ2) is 4.94. The van der Waals surface area contributed by atoms with Crippen LogP contribution in [0.4, 0.5) is 0 Å². The van der Waals surface area contributed by atoms with Gasteiger partial charge in [0.25, 0.3) is 0 Å². The molecule has 0 aromatic heterocycles. The fourth-order valence-corrected chi connectivity index (χ4v) is 3.11. The molecule has 0 saturated heterocycles. The number of carbonyl (C=O) groups is 1. The lowest BCUT2D eigenvalue weighted by molar-refractivity contribution is 0.103. The molecule has 0 aliphatic carbocycles. The minimum absolute atomic E-state index is 0.0812. The van der Waals surface area contributed by atoms with Gasteiger partial charge in [0.05, 0.1) is 0 Å². The van der Waals surface area contributed by atoms with Gasteiger partial charge in [0, 0.05) is 21.8 Å². The average Bonchev–Trinajstić information content (AvgIpc) is 2.42. The molecular formula is C16H12O2S. The molecule has 0 spiro atoms. The Bertz CT molecular complexity index is 674. The summed E-state index contributed by atoms with van der Waals surface area (Å²) in [5.74, 6) is 0.967. The van der Waals surface area contributed by atoms with Crippen molar-refractivity contribution in [2.45, 2.75) is 4.90 Å². The Kier molecular flexibility index (Phi) is 3.13. The molecule has 1 aliphatic rings. The smallest absolute Gasteiger partial charge is 0.191 e. The Labute approximate surface area is 115 Å². The van der Waals surface area contributed by atoms with Crippen molar-refractivity contribution in [3.63, 3.8) is 0 Å². The van der Waals surface area contributed by atoms with Gasteiger partial charge in [-0.3, -0.25) is 4.79 Å². The van der Waals surface area contributed by atoms with Crippen LogP contribution in [0, 0.1) is 0 Å². The van der Waals surface area contributed by atoms with E-state index in [0.717, 1.165) is 21.6 Å². The van der Waals surface area contributed by atoms with Crippen LogP contribution in [0.2, 0.25) is 0 Å². The van der Waals surface area contributed by atoms with Crippen molar-refractivity contribution in [1.29, 1.82) is 0 Å². The topological polar surface area (TPSA) is 37.3 Å². The van der Waals surface area contributed by atoms with Crippen molar-refractivity contribution < 1.29 is 9.90 Å². The third-order valence-corrected chi connectivity index (χ3v) is 4.14. The van der Waals surface area contributed by atoms with Gasteiger partial charge >= 0.3 is 0 Å². The Morgan fingerprint density at radius 2 is 1.95 bits per heavy atom. The van der Waals surface area contributed by atoms with E-state index in [1.165, 1.54) is 0 Å². The summed E-state index contributed by atoms with van der Waals surface area (Å²) >= 11 is 1.67. The standard InChI is InChI=1S/C16H12O2S/c17-13-5-3-4-11(9-13)8-12-10-19-15-7-2-1-6-14(15)16(12)18/h1-9,17H,10H2/b12-8+. The van der Waals surface area contributed by atoms with Crippen LogP contribution < -0.4 is 0 Å². The Balaban J connectivity index is 1.98. The van der Waals surface area contributed by atoms with Gasteiger partial charge < -0.3 is 5.11 Å². The number of benzene rings is 2. The molecule has 3 rings (SSSR count). The molecule has 19 heavy (non-hydrogen) atoms. The number of aromatic hydroxyl groups is 1. The van der Waals surface area contributed by atoms with Gasteiger partial charge in [0.1, 0.15) is 5.75 Å². The first kappa shape index (κ1) is 12.1. The summed E-state index contributed by atoms with van der Waals surface area (Å²) < 4.78 is 0. The number of rotatable bonds is 1. The molecule has 0 radical (unpaired) electrons. The van der Waals surface area contributed by atoms with Crippen LogP contribution in [0.3, 0.4) is 0 Å². The molecule has 0 fully saturated rings. The molecule has 94 valence electrons. The summed E-state index contributed by atoms with van der Waals surface area (Å²) in [5.41, 5.74) is 2.39. The van der Waals surface area contributed by atoms with Gasteiger partial charge in [-0.1, -0.05) is 24.3 Å². The number of carbonyl (C=O) groups excluding carboxylic acids is 1. The van der Waals surface area contributed by atoms with Crippen LogP contribution >= 0.6 is 11.8 Å². The summed E-state index contributed by atoms with van der Waals surface area (Å²) in [7, 11) is 0. The van der Waals surface area contributed by atoms with Gasteiger partial charge in [-0.05, 0) is 35.9 Å². The van der Waals surface area contributed by atoms with Crippen molar-refractivity contribution in [2.75, 3.05) is 5.75 Å². The highest BCUT2D eigenvalue weighted by atomic mass is 32.2. The first-order valence-corrected chi connectivity index (χ1v) is 6.99. The van der Waals surface area contributed by atoms with Crippen LogP contribution in [0.25, 0.3) is 6.08 Å². The first-order valence-electron chi connectivity index (χ1n) is 6.00. The maximum Gasteiger partial charge on any atom is 0.191 e. The zero-order valence-electron chi connectivity index (χ0n) is 10.2. The second-order valence-electron chi connectivity index (χ2n) is 4.38. The fourth-order valence-electron chi connectivity index (χ4n) is 2.10. The number of ketones is 1. The maximum absolute atomic E-state index is 12.4. The number of Topliss-reactive ketones (excluding diaryl/α,β-unsaturated/α-hetero) is 1. The second-order valence-corrected chi connectivity index (χ2v) is 5.40. The van der Waals surface area contributed by atoms with E-state index in [0.29, 0.717) is 5.75 Å². The number of phenols is 1. The Hall–Kier alpha value is -2.00. The lowest BCUT2D eigenvalue weighted by atomic mass is 10.0. The predicted octanol–water partition coefficient (Wildman–Crippen LogP) is 3.76. The summed E-state index contributed by atoms with van der Waals surface area (Å²) in [6.45, 7) is 0. The molecule has 2 aromatic rings. The molecule has 0 unspecified atom stereocenters. The number of hydrogen-bond acceptors (Lipinski definition) is 3. The largest absolute Gasteiger partial charge is 0.508 e. The maximum atomic E-state index is 12.4. The quantitative estimate of drug-likeness (QED) is 0.800. The van der Waals surface area contributed by atoms with E-state index in [2.05, 4.69) is 0 Å². The van der Waals surface area contributed by atoms with Crippen molar-refractivity contribution in [1.82, 2.24) is 0 Å².